The minimum atomic E-state index is -0.963. The van der Waals surface area contributed by atoms with Crippen molar-refractivity contribution in [3.8, 4) is 16.5 Å². The van der Waals surface area contributed by atoms with E-state index in [-0.39, 0.29) is 16.4 Å². The molecule has 0 fully saturated rings. The average molecular weight is 345 g/mol. The van der Waals surface area contributed by atoms with Crippen LogP contribution in [0.5, 0.6) is 5.06 Å². The average Bonchev–Trinajstić information content (AvgIpc) is 2.83. The van der Waals surface area contributed by atoms with Gasteiger partial charge in [-0.15, -0.1) is 0 Å². The maximum absolute atomic E-state index is 10.9. The van der Waals surface area contributed by atoms with Crippen molar-refractivity contribution >= 4 is 39.0 Å². The molecule has 3 aromatic rings. The summed E-state index contributed by atoms with van der Waals surface area (Å²) in [6.07, 6.45) is -0.963. The smallest absolute Gasteiger partial charge is 0.397 e. The van der Waals surface area contributed by atoms with E-state index in [1.807, 2.05) is 0 Å². The van der Waals surface area contributed by atoms with E-state index in [0.29, 0.717) is 27.3 Å². The van der Waals surface area contributed by atoms with Crippen molar-refractivity contribution < 1.29 is 14.5 Å². The second-order valence-electron chi connectivity index (χ2n) is 4.84. The van der Waals surface area contributed by atoms with Gasteiger partial charge in [0, 0.05) is 17.7 Å². The first-order valence-electron chi connectivity index (χ1n) is 6.65. The first-order valence-corrected chi connectivity index (χ1v) is 7.47. The van der Waals surface area contributed by atoms with E-state index in [2.05, 4.69) is 9.97 Å². The number of aromatic nitrogens is 2. The lowest BCUT2D eigenvalue weighted by Gasteiger charge is -2.03. The monoisotopic (exact) mass is 345 g/mol. The quantitative estimate of drug-likeness (QED) is 0.547. The van der Waals surface area contributed by atoms with Crippen LogP contribution in [0.1, 0.15) is 5.69 Å². The Morgan fingerprint density at radius 3 is 2.54 bits per heavy atom. The Bertz CT molecular complexity index is 967. The summed E-state index contributed by atoms with van der Waals surface area (Å²) < 4.78 is 4.86. The minimum absolute atomic E-state index is 0.0194. The summed E-state index contributed by atoms with van der Waals surface area (Å²) in [4.78, 5) is 30.5. The summed E-state index contributed by atoms with van der Waals surface area (Å²) in [5.74, 6) is 0.391. The van der Waals surface area contributed by atoms with Crippen LogP contribution in [-0.4, -0.2) is 21.0 Å². The van der Waals surface area contributed by atoms with E-state index in [1.54, 1.807) is 19.1 Å². The fourth-order valence-electron chi connectivity index (χ4n) is 2.20. The molecular formula is C14H11N5O4S. The topological polar surface area (TPSA) is 147 Å². The molecule has 0 unspecified atom stereocenters. The van der Waals surface area contributed by atoms with Gasteiger partial charge in [-0.05, 0) is 19.1 Å². The van der Waals surface area contributed by atoms with Gasteiger partial charge in [0.2, 0.25) is 5.06 Å². The molecular weight excluding hydrogens is 334 g/mol. The van der Waals surface area contributed by atoms with Crippen LogP contribution in [0.4, 0.5) is 16.2 Å². The van der Waals surface area contributed by atoms with E-state index < -0.39 is 11.0 Å². The largest absolute Gasteiger partial charge is 0.410 e. The number of hydrogen-bond acceptors (Lipinski definition) is 8. The molecule has 1 amide bonds. The van der Waals surface area contributed by atoms with Crippen molar-refractivity contribution in [1.82, 2.24) is 9.97 Å². The highest BCUT2D eigenvalue weighted by Crippen LogP contribution is 2.41. The van der Waals surface area contributed by atoms with Crippen molar-refractivity contribution in [2.24, 2.45) is 5.73 Å². The Hall–Kier alpha value is -3.27. The Balaban J connectivity index is 2.10. The molecule has 1 aromatic carbocycles. The molecule has 9 nitrogen and oxygen atoms in total. The van der Waals surface area contributed by atoms with Gasteiger partial charge in [0.25, 0.3) is 5.69 Å². The maximum Gasteiger partial charge on any atom is 0.410 e. The van der Waals surface area contributed by atoms with Crippen LogP contribution >= 0.6 is 11.3 Å². The molecule has 4 N–H and O–H groups in total. The van der Waals surface area contributed by atoms with Crippen LogP contribution in [-0.2, 0) is 0 Å². The number of non-ortho nitro benzene ring substituents is 1. The number of thiophene rings is 1. The number of rotatable bonds is 3. The molecule has 2 aromatic heterocycles. The van der Waals surface area contributed by atoms with Crippen LogP contribution in [0, 0.1) is 17.0 Å². The summed E-state index contributed by atoms with van der Waals surface area (Å²) in [7, 11) is 0. The number of hydrogen-bond donors (Lipinski definition) is 2. The molecule has 0 radical (unpaired) electrons. The predicted molar refractivity (Wildman–Crippen MR) is 88.9 cm³/mol. The number of aryl methyl sites for hydroxylation is 1. The van der Waals surface area contributed by atoms with Gasteiger partial charge in [-0.1, -0.05) is 11.3 Å². The molecule has 10 heteroatoms. The van der Waals surface area contributed by atoms with Crippen molar-refractivity contribution in [2.75, 3.05) is 5.73 Å². The lowest BCUT2D eigenvalue weighted by atomic mass is 10.2. The molecule has 0 saturated heterocycles. The zero-order valence-electron chi connectivity index (χ0n) is 12.3. The van der Waals surface area contributed by atoms with Crippen LogP contribution in [0.15, 0.2) is 24.3 Å². The standard InChI is InChI=1S/C14H11N5O4S/c1-6-9-10(15)13(23-14(16)20)24-12(9)18-11(17-6)7-2-4-8(5-3-7)19(21)22/h2-5H,15H2,1H3,(H2,16,20). The third-order valence-corrected chi connectivity index (χ3v) is 4.24. The number of nitro benzene ring substituents is 1. The second-order valence-corrected chi connectivity index (χ2v) is 5.80. The van der Waals surface area contributed by atoms with Crippen molar-refractivity contribution in [1.29, 1.82) is 0 Å². The Labute approximate surface area is 139 Å². The summed E-state index contributed by atoms with van der Waals surface area (Å²) in [5.41, 5.74) is 12.4. The van der Waals surface area contributed by atoms with Crippen molar-refractivity contribution in [3.05, 3.63) is 40.1 Å². The van der Waals surface area contributed by atoms with Crippen molar-refractivity contribution in [3.63, 3.8) is 0 Å². The number of carbonyl (C=O) groups is 1. The lowest BCUT2D eigenvalue weighted by Crippen LogP contribution is -2.16. The van der Waals surface area contributed by atoms with Gasteiger partial charge < -0.3 is 16.2 Å². The summed E-state index contributed by atoms with van der Waals surface area (Å²) in [5, 5.41) is 11.5. The number of fused-ring (bicyclic) bond motifs is 1. The number of primary amides is 1. The lowest BCUT2D eigenvalue weighted by molar-refractivity contribution is -0.384. The molecule has 24 heavy (non-hydrogen) atoms. The van der Waals surface area contributed by atoms with E-state index >= 15 is 0 Å². The zero-order chi connectivity index (χ0) is 17.4. The predicted octanol–water partition coefficient (Wildman–Crippen LogP) is 2.61. The third kappa shape index (κ3) is 2.70. The van der Waals surface area contributed by atoms with E-state index in [0.717, 1.165) is 11.3 Å². The molecule has 0 aliphatic rings. The number of anilines is 1. The van der Waals surface area contributed by atoms with E-state index in [9.17, 15) is 14.9 Å². The highest BCUT2D eigenvalue weighted by atomic mass is 32.1. The van der Waals surface area contributed by atoms with Gasteiger partial charge in [-0.2, -0.15) is 0 Å². The number of amides is 1. The Morgan fingerprint density at radius 1 is 1.29 bits per heavy atom. The molecule has 3 rings (SSSR count). The fraction of sp³-hybridized carbons (Fsp3) is 0.0714. The molecule has 0 spiro atoms. The van der Waals surface area contributed by atoms with Gasteiger partial charge in [0.15, 0.2) is 5.82 Å². The fourth-order valence-corrected chi connectivity index (χ4v) is 3.21. The van der Waals surface area contributed by atoms with E-state index in [1.165, 1.54) is 12.1 Å². The summed E-state index contributed by atoms with van der Waals surface area (Å²) in [6.45, 7) is 1.75. The van der Waals surface area contributed by atoms with Gasteiger partial charge >= 0.3 is 6.09 Å². The highest BCUT2D eigenvalue weighted by molar-refractivity contribution is 7.21. The third-order valence-electron chi connectivity index (χ3n) is 3.26. The number of carbonyl (C=O) groups excluding carboxylic acids is 1. The van der Waals surface area contributed by atoms with Crippen LogP contribution in [0.25, 0.3) is 21.6 Å². The number of ether oxygens (including phenoxy) is 1. The van der Waals surface area contributed by atoms with Gasteiger partial charge in [0.05, 0.1) is 21.7 Å². The zero-order valence-corrected chi connectivity index (χ0v) is 13.2. The first-order chi connectivity index (χ1) is 11.4. The molecule has 2 heterocycles. The summed E-state index contributed by atoms with van der Waals surface area (Å²) in [6, 6.07) is 5.89. The number of nitro groups is 1. The number of nitrogens with zero attached hydrogens (tertiary/aromatic N) is 3. The molecule has 0 aliphatic heterocycles. The Morgan fingerprint density at radius 2 is 1.96 bits per heavy atom. The molecule has 0 atom stereocenters. The number of nitrogen functional groups attached to an aromatic ring is 1. The minimum Gasteiger partial charge on any atom is -0.397 e. The molecule has 0 saturated carbocycles. The highest BCUT2D eigenvalue weighted by Gasteiger charge is 2.18. The number of nitrogens with two attached hydrogens (primary N) is 2. The molecule has 122 valence electrons. The van der Waals surface area contributed by atoms with Crippen LogP contribution in [0.2, 0.25) is 0 Å². The Kier molecular flexibility index (Phi) is 3.73. The van der Waals surface area contributed by atoms with Gasteiger partial charge in [0.1, 0.15) is 4.83 Å². The number of benzene rings is 1. The first kappa shape index (κ1) is 15.6. The van der Waals surface area contributed by atoms with Crippen molar-refractivity contribution in [2.45, 2.75) is 6.92 Å². The normalized spacial score (nSPS) is 10.7. The second kappa shape index (κ2) is 5.74. The molecule has 0 bridgehead atoms. The van der Waals surface area contributed by atoms with Crippen LogP contribution in [0.3, 0.4) is 0 Å². The van der Waals surface area contributed by atoms with Gasteiger partial charge in [-0.25, -0.2) is 14.8 Å². The van der Waals surface area contributed by atoms with Gasteiger partial charge in [-0.3, -0.25) is 10.1 Å². The van der Waals surface area contributed by atoms with E-state index in [4.69, 9.17) is 16.2 Å². The van der Waals surface area contributed by atoms with Crippen LogP contribution < -0.4 is 16.2 Å². The SMILES string of the molecule is Cc1nc(-c2ccc([N+](=O)[O-])cc2)nc2sc(OC(N)=O)c(N)c12. The summed E-state index contributed by atoms with van der Waals surface area (Å²) >= 11 is 1.08. The maximum atomic E-state index is 10.9. The molecule has 0 aliphatic carbocycles.